The molecule has 1 aliphatic carbocycles. The molecular weight excluding hydrogens is 344 g/mol. The zero-order valence-electron chi connectivity index (χ0n) is 14.5. The molecule has 6 nitrogen and oxygen atoms in total. The van der Waals surface area contributed by atoms with Gasteiger partial charge in [0.1, 0.15) is 0 Å². The molecule has 1 amide bonds. The number of halogens is 2. The first-order valence-corrected chi connectivity index (χ1v) is 8.34. The van der Waals surface area contributed by atoms with Gasteiger partial charge in [0.05, 0.1) is 19.2 Å². The van der Waals surface area contributed by atoms with Gasteiger partial charge in [-0.15, -0.1) is 0 Å². The minimum atomic E-state index is -0.970. The minimum absolute atomic E-state index is 0.0499. The van der Waals surface area contributed by atoms with E-state index in [9.17, 15) is 18.4 Å². The summed E-state index contributed by atoms with van der Waals surface area (Å²) in [6.07, 6.45) is 2.29. The first-order chi connectivity index (χ1) is 12.4. The molecule has 1 aromatic heterocycles. The van der Waals surface area contributed by atoms with Gasteiger partial charge in [0.15, 0.2) is 17.3 Å². The topological polar surface area (TPSA) is 73.2 Å². The zero-order valence-corrected chi connectivity index (χ0v) is 14.5. The fourth-order valence-corrected chi connectivity index (χ4v) is 3.13. The van der Waals surface area contributed by atoms with Crippen LogP contribution in [0.2, 0.25) is 0 Å². The molecule has 8 heteroatoms. The summed E-state index contributed by atoms with van der Waals surface area (Å²) in [5.41, 5.74) is 2.24. The van der Waals surface area contributed by atoms with E-state index in [1.54, 1.807) is 6.92 Å². The molecular formula is C18H19F2N3O3. The molecule has 0 bridgehead atoms. The number of hydrogen-bond acceptors (Lipinski definition) is 4. The van der Waals surface area contributed by atoms with Gasteiger partial charge in [-0.2, -0.15) is 5.10 Å². The molecule has 0 fully saturated rings. The number of carbonyl (C=O) groups is 2. The van der Waals surface area contributed by atoms with Crippen LogP contribution in [-0.2, 0) is 22.4 Å². The van der Waals surface area contributed by atoms with Gasteiger partial charge in [-0.1, -0.05) is 0 Å². The van der Waals surface area contributed by atoms with Gasteiger partial charge in [0.25, 0.3) is 5.91 Å². The number of nitrogens with one attached hydrogen (secondary N) is 1. The van der Waals surface area contributed by atoms with Crippen molar-refractivity contribution >= 4 is 11.9 Å². The standard InChI is InChI=1S/C18H19F2N3O3/c1-10(8-16(24)26-2)21-18(25)17-12-4-3-5-15(12)23(22-17)11-6-7-13(19)14(20)9-11/h6-7,9-10H,3-5,8H2,1-2H3,(H,21,25). The summed E-state index contributed by atoms with van der Waals surface area (Å²) in [6, 6.07) is 3.10. The summed E-state index contributed by atoms with van der Waals surface area (Å²) in [4.78, 5) is 23.9. The lowest BCUT2D eigenvalue weighted by atomic mass is 10.1. The van der Waals surface area contributed by atoms with Crippen molar-refractivity contribution in [2.75, 3.05) is 7.11 Å². The highest BCUT2D eigenvalue weighted by Gasteiger charge is 2.28. The maximum atomic E-state index is 13.6. The maximum absolute atomic E-state index is 13.6. The molecule has 26 heavy (non-hydrogen) atoms. The molecule has 0 saturated carbocycles. The highest BCUT2D eigenvalue weighted by Crippen LogP contribution is 2.28. The van der Waals surface area contributed by atoms with Crippen molar-refractivity contribution in [2.45, 2.75) is 38.6 Å². The SMILES string of the molecule is COC(=O)CC(C)NC(=O)c1nn(-c2ccc(F)c(F)c2)c2c1CCC2. The smallest absolute Gasteiger partial charge is 0.307 e. The lowest BCUT2D eigenvalue weighted by Gasteiger charge is -2.12. The predicted molar refractivity (Wildman–Crippen MR) is 89.1 cm³/mol. The van der Waals surface area contributed by atoms with E-state index in [1.165, 1.54) is 17.9 Å². The van der Waals surface area contributed by atoms with Crippen LogP contribution in [-0.4, -0.2) is 34.8 Å². The minimum Gasteiger partial charge on any atom is -0.469 e. The molecule has 1 heterocycles. The van der Waals surface area contributed by atoms with Crippen LogP contribution in [0, 0.1) is 11.6 Å². The van der Waals surface area contributed by atoms with Gasteiger partial charge >= 0.3 is 5.97 Å². The normalized spacial score (nSPS) is 14.0. The van der Waals surface area contributed by atoms with E-state index < -0.39 is 29.6 Å². The van der Waals surface area contributed by atoms with Crippen molar-refractivity contribution in [3.63, 3.8) is 0 Å². The largest absolute Gasteiger partial charge is 0.469 e. The first kappa shape index (κ1) is 18.0. The Morgan fingerprint density at radius 3 is 2.77 bits per heavy atom. The fraction of sp³-hybridized carbons (Fsp3) is 0.389. The third-order valence-electron chi connectivity index (χ3n) is 4.37. The molecule has 0 saturated heterocycles. The Kier molecular flexibility index (Phi) is 5.01. The van der Waals surface area contributed by atoms with Crippen LogP contribution in [0.4, 0.5) is 8.78 Å². The number of carbonyl (C=O) groups excluding carboxylic acids is 2. The fourth-order valence-electron chi connectivity index (χ4n) is 3.13. The third kappa shape index (κ3) is 3.44. The number of esters is 1. The van der Waals surface area contributed by atoms with E-state index in [2.05, 4.69) is 15.2 Å². The quantitative estimate of drug-likeness (QED) is 0.828. The Labute approximate surface area is 149 Å². The van der Waals surface area contributed by atoms with Crippen LogP contribution >= 0.6 is 0 Å². The van der Waals surface area contributed by atoms with Crippen molar-refractivity contribution in [3.8, 4) is 5.69 Å². The van der Waals surface area contributed by atoms with Crippen LogP contribution < -0.4 is 5.32 Å². The van der Waals surface area contributed by atoms with E-state index in [4.69, 9.17) is 0 Å². The lowest BCUT2D eigenvalue weighted by Crippen LogP contribution is -2.35. The second kappa shape index (κ2) is 7.23. The van der Waals surface area contributed by atoms with E-state index in [0.29, 0.717) is 18.5 Å². The summed E-state index contributed by atoms with van der Waals surface area (Å²) in [5.74, 6) is -2.73. The zero-order chi connectivity index (χ0) is 18.8. The number of amides is 1. The van der Waals surface area contributed by atoms with E-state index >= 15 is 0 Å². The Bertz CT molecular complexity index is 864. The summed E-state index contributed by atoms with van der Waals surface area (Å²) >= 11 is 0. The van der Waals surface area contributed by atoms with E-state index in [0.717, 1.165) is 29.8 Å². The van der Waals surface area contributed by atoms with Crippen LogP contribution in [0.1, 0.15) is 41.5 Å². The molecule has 0 aliphatic heterocycles. The highest BCUT2D eigenvalue weighted by molar-refractivity contribution is 5.94. The van der Waals surface area contributed by atoms with Gasteiger partial charge in [0.2, 0.25) is 0 Å². The van der Waals surface area contributed by atoms with Crippen LogP contribution in [0.25, 0.3) is 5.69 Å². The molecule has 1 unspecified atom stereocenters. The highest BCUT2D eigenvalue weighted by atomic mass is 19.2. The van der Waals surface area contributed by atoms with Gasteiger partial charge in [0, 0.05) is 23.4 Å². The van der Waals surface area contributed by atoms with Crippen LogP contribution in [0.5, 0.6) is 0 Å². The van der Waals surface area contributed by atoms with Gasteiger partial charge in [-0.3, -0.25) is 9.59 Å². The monoisotopic (exact) mass is 363 g/mol. The number of methoxy groups -OCH3 is 1. The maximum Gasteiger partial charge on any atom is 0.307 e. The molecule has 2 aromatic rings. The number of fused-ring (bicyclic) bond motifs is 1. The summed E-state index contributed by atoms with van der Waals surface area (Å²) in [6.45, 7) is 1.70. The molecule has 1 aromatic carbocycles. The molecule has 0 radical (unpaired) electrons. The van der Waals surface area contributed by atoms with Crippen molar-refractivity contribution < 1.29 is 23.1 Å². The Balaban J connectivity index is 1.88. The molecule has 1 aliphatic rings. The summed E-state index contributed by atoms with van der Waals surface area (Å²) < 4.78 is 32.8. The number of ether oxygens (including phenoxy) is 1. The van der Waals surface area contributed by atoms with Crippen LogP contribution in [0.3, 0.4) is 0 Å². The number of aromatic nitrogens is 2. The Morgan fingerprint density at radius 1 is 1.31 bits per heavy atom. The number of nitrogens with zero attached hydrogens (tertiary/aromatic N) is 2. The lowest BCUT2D eigenvalue weighted by molar-refractivity contribution is -0.141. The van der Waals surface area contributed by atoms with Gasteiger partial charge < -0.3 is 10.1 Å². The predicted octanol–water partition coefficient (Wildman–Crippen LogP) is 2.32. The third-order valence-corrected chi connectivity index (χ3v) is 4.37. The van der Waals surface area contributed by atoms with Crippen molar-refractivity contribution in [1.82, 2.24) is 15.1 Å². The van der Waals surface area contributed by atoms with Gasteiger partial charge in [-0.05, 0) is 38.3 Å². The molecule has 1 N–H and O–H groups in total. The number of hydrogen-bond donors (Lipinski definition) is 1. The number of benzene rings is 1. The second-order valence-corrected chi connectivity index (χ2v) is 6.29. The van der Waals surface area contributed by atoms with Gasteiger partial charge in [-0.25, -0.2) is 13.5 Å². The summed E-state index contributed by atoms with van der Waals surface area (Å²) in [7, 11) is 1.28. The molecule has 0 spiro atoms. The average Bonchev–Trinajstić information content (AvgIpc) is 3.19. The first-order valence-electron chi connectivity index (χ1n) is 8.34. The number of rotatable bonds is 5. The van der Waals surface area contributed by atoms with Crippen molar-refractivity contribution in [1.29, 1.82) is 0 Å². The molecule has 1 atom stereocenters. The van der Waals surface area contributed by atoms with Crippen LogP contribution in [0.15, 0.2) is 18.2 Å². The van der Waals surface area contributed by atoms with Crippen molar-refractivity contribution in [3.05, 3.63) is 46.8 Å². The Hall–Kier alpha value is -2.77. The summed E-state index contributed by atoms with van der Waals surface area (Å²) in [5, 5.41) is 7.05. The van der Waals surface area contributed by atoms with E-state index in [-0.39, 0.29) is 12.1 Å². The second-order valence-electron chi connectivity index (χ2n) is 6.29. The Morgan fingerprint density at radius 2 is 2.08 bits per heavy atom. The van der Waals surface area contributed by atoms with Crippen molar-refractivity contribution in [2.24, 2.45) is 0 Å². The molecule has 3 rings (SSSR count). The molecule has 138 valence electrons. The average molecular weight is 363 g/mol. The van der Waals surface area contributed by atoms with E-state index in [1.807, 2.05) is 0 Å².